The molecule has 1 heterocycles. The summed E-state index contributed by atoms with van der Waals surface area (Å²) in [6.45, 7) is 3.80. The van der Waals surface area contributed by atoms with E-state index in [1.54, 1.807) is 13.1 Å². The smallest absolute Gasteiger partial charge is 0.193 e. The molecule has 0 saturated carbocycles. The number of aliphatic imine (C=N–C) groups is 1. The van der Waals surface area contributed by atoms with Crippen LogP contribution in [0.15, 0.2) is 39.8 Å². The highest BCUT2D eigenvalue weighted by molar-refractivity contribution is 6.30. The van der Waals surface area contributed by atoms with Crippen molar-refractivity contribution in [2.75, 3.05) is 27.2 Å². The molecule has 0 unspecified atom stereocenters. The molecule has 2 aromatic rings. The molecule has 0 fully saturated rings. The van der Waals surface area contributed by atoms with Crippen LogP contribution in [-0.4, -0.2) is 43.3 Å². The fourth-order valence-corrected chi connectivity index (χ4v) is 2.30. The highest BCUT2D eigenvalue weighted by atomic mass is 35.5. The summed E-state index contributed by atoms with van der Waals surface area (Å²) >= 11 is 5.94. The van der Waals surface area contributed by atoms with Crippen LogP contribution in [0, 0.1) is 0 Å². The summed E-state index contributed by atoms with van der Waals surface area (Å²) in [5, 5.41) is 7.88. The predicted octanol–water partition coefficient (Wildman–Crippen LogP) is 2.98. The third-order valence-corrected chi connectivity index (χ3v) is 3.69. The molecular formula is C17H23ClN4O2. The zero-order valence-electron chi connectivity index (χ0n) is 14.3. The summed E-state index contributed by atoms with van der Waals surface area (Å²) in [5.74, 6) is 2.31. The molecule has 130 valence electrons. The first-order chi connectivity index (χ1) is 11.6. The van der Waals surface area contributed by atoms with Crippen LogP contribution in [-0.2, 0) is 13.0 Å². The number of nitrogens with one attached hydrogen (secondary N) is 1. The molecule has 0 amide bonds. The Kier molecular flexibility index (Phi) is 6.93. The van der Waals surface area contributed by atoms with Crippen LogP contribution in [0.3, 0.4) is 0 Å². The Balaban J connectivity index is 1.77. The highest BCUT2D eigenvalue weighted by Crippen LogP contribution is 2.16. The molecule has 7 heteroatoms. The van der Waals surface area contributed by atoms with Crippen LogP contribution in [0.25, 0.3) is 0 Å². The van der Waals surface area contributed by atoms with Gasteiger partial charge in [0.15, 0.2) is 11.7 Å². The van der Waals surface area contributed by atoms with Crippen molar-refractivity contribution in [1.29, 1.82) is 0 Å². The van der Waals surface area contributed by atoms with Gasteiger partial charge in [0, 0.05) is 25.2 Å². The number of hydrogen-bond acceptors (Lipinski definition) is 4. The Bertz CT molecular complexity index is 672. The number of benzene rings is 1. The minimum Gasteiger partial charge on any atom is -0.492 e. The van der Waals surface area contributed by atoms with Gasteiger partial charge in [0.05, 0.1) is 18.8 Å². The third-order valence-electron chi connectivity index (χ3n) is 3.46. The van der Waals surface area contributed by atoms with Crippen molar-refractivity contribution >= 4 is 17.6 Å². The summed E-state index contributed by atoms with van der Waals surface area (Å²) in [4.78, 5) is 6.25. The Morgan fingerprint density at radius 3 is 2.92 bits per heavy atom. The molecule has 0 aliphatic heterocycles. The lowest BCUT2D eigenvalue weighted by Gasteiger charge is -2.21. The van der Waals surface area contributed by atoms with E-state index in [9.17, 15) is 0 Å². The number of ether oxygens (including phenoxy) is 1. The number of nitrogens with zero attached hydrogens (tertiary/aromatic N) is 3. The van der Waals surface area contributed by atoms with E-state index in [0.717, 1.165) is 29.6 Å². The minimum atomic E-state index is 0.528. The quantitative estimate of drug-likeness (QED) is 0.614. The second kappa shape index (κ2) is 9.17. The van der Waals surface area contributed by atoms with Gasteiger partial charge in [0.2, 0.25) is 0 Å². The van der Waals surface area contributed by atoms with Gasteiger partial charge in [-0.15, -0.1) is 0 Å². The average molecular weight is 351 g/mol. The molecule has 24 heavy (non-hydrogen) atoms. The van der Waals surface area contributed by atoms with Gasteiger partial charge in [-0.1, -0.05) is 29.7 Å². The monoisotopic (exact) mass is 350 g/mol. The number of aryl methyl sites for hydroxylation is 1. The first kappa shape index (κ1) is 18.1. The molecule has 0 saturated heterocycles. The fraction of sp³-hybridized carbons (Fsp3) is 0.412. The molecule has 1 aromatic heterocycles. The maximum atomic E-state index is 5.94. The third kappa shape index (κ3) is 5.45. The van der Waals surface area contributed by atoms with E-state index >= 15 is 0 Å². The van der Waals surface area contributed by atoms with Crippen molar-refractivity contribution in [2.24, 2.45) is 4.99 Å². The van der Waals surface area contributed by atoms with Gasteiger partial charge in [-0.25, -0.2) is 0 Å². The van der Waals surface area contributed by atoms with Gasteiger partial charge in [-0.05, 0) is 24.6 Å². The van der Waals surface area contributed by atoms with Crippen molar-refractivity contribution in [3.05, 3.63) is 46.8 Å². The summed E-state index contributed by atoms with van der Waals surface area (Å²) in [6, 6.07) is 9.31. The maximum Gasteiger partial charge on any atom is 0.193 e. The topological polar surface area (TPSA) is 62.9 Å². The second-order valence-corrected chi connectivity index (χ2v) is 5.70. The van der Waals surface area contributed by atoms with Crippen LogP contribution in [0.4, 0.5) is 0 Å². The normalized spacial score (nSPS) is 11.4. The Morgan fingerprint density at radius 1 is 1.42 bits per heavy atom. The standard InChI is InChI=1S/C17H23ClN4O2/c1-4-14-11-16(24-21-14)12-20-17(19-2)22(3)8-9-23-15-7-5-6-13(18)10-15/h5-7,10-11H,4,8-9,12H2,1-3H3,(H,19,20). The maximum absolute atomic E-state index is 5.94. The molecule has 0 aliphatic rings. The van der Waals surface area contributed by atoms with E-state index in [0.29, 0.717) is 24.7 Å². The van der Waals surface area contributed by atoms with Crippen LogP contribution in [0.1, 0.15) is 18.4 Å². The summed E-state index contributed by atoms with van der Waals surface area (Å²) in [5.41, 5.74) is 0.949. The molecule has 0 atom stereocenters. The van der Waals surface area contributed by atoms with E-state index < -0.39 is 0 Å². The largest absolute Gasteiger partial charge is 0.492 e. The molecule has 6 nitrogen and oxygen atoms in total. The Hall–Kier alpha value is -2.21. The molecule has 2 rings (SSSR count). The van der Waals surface area contributed by atoms with E-state index in [1.807, 2.05) is 43.1 Å². The van der Waals surface area contributed by atoms with Crippen molar-refractivity contribution in [1.82, 2.24) is 15.4 Å². The zero-order valence-corrected chi connectivity index (χ0v) is 15.0. The van der Waals surface area contributed by atoms with Gasteiger partial charge >= 0.3 is 0 Å². The number of halogens is 1. The molecule has 0 bridgehead atoms. The molecular weight excluding hydrogens is 328 g/mol. The molecule has 0 spiro atoms. The SMILES string of the molecule is CCc1cc(CNC(=NC)N(C)CCOc2cccc(Cl)c2)on1. The lowest BCUT2D eigenvalue weighted by atomic mass is 10.3. The van der Waals surface area contributed by atoms with Crippen molar-refractivity contribution in [2.45, 2.75) is 19.9 Å². The fourth-order valence-electron chi connectivity index (χ4n) is 2.12. The minimum absolute atomic E-state index is 0.528. The summed E-state index contributed by atoms with van der Waals surface area (Å²) in [6.07, 6.45) is 0.860. The molecule has 0 aliphatic carbocycles. The van der Waals surface area contributed by atoms with Crippen LogP contribution in [0.2, 0.25) is 5.02 Å². The number of guanidine groups is 1. The highest BCUT2D eigenvalue weighted by Gasteiger charge is 2.08. The average Bonchev–Trinajstić information content (AvgIpc) is 3.03. The van der Waals surface area contributed by atoms with Gasteiger partial charge in [-0.3, -0.25) is 4.99 Å². The molecule has 1 aromatic carbocycles. The van der Waals surface area contributed by atoms with E-state index in [-0.39, 0.29) is 0 Å². The Labute approximate surface area is 147 Å². The van der Waals surface area contributed by atoms with E-state index in [1.165, 1.54) is 0 Å². The van der Waals surface area contributed by atoms with Gasteiger partial charge in [-0.2, -0.15) is 0 Å². The number of likely N-dealkylation sites (N-methyl/N-ethyl adjacent to an activating group) is 1. The first-order valence-electron chi connectivity index (χ1n) is 7.87. The Morgan fingerprint density at radius 2 is 2.25 bits per heavy atom. The van der Waals surface area contributed by atoms with E-state index in [4.69, 9.17) is 20.9 Å². The lowest BCUT2D eigenvalue weighted by Crippen LogP contribution is -2.40. The number of rotatable bonds is 7. The lowest BCUT2D eigenvalue weighted by molar-refractivity contribution is 0.280. The predicted molar refractivity (Wildman–Crippen MR) is 95.7 cm³/mol. The second-order valence-electron chi connectivity index (χ2n) is 5.27. The summed E-state index contributed by atoms with van der Waals surface area (Å²) in [7, 11) is 3.70. The van der Waals surface area contributed by atoms with Crippen molar-refractivity contribution < 1.29 is 9.26 Å². The van der Waals surface area contributed by atoms with Crippen LogP contribution in [0.5, 0.6) is 5.75 Å². The number of aromatic nitrogens is 1. The van der Waals surface area contributed by atoms with Crippen molar-refractivity contribution in [3.63, 3.8) is 0 Å². The van der Waals surface area contributed by atoms with E-state index in [2.05, 4.69) is 15.5 Å². The van der Waals surface area contributed by atoms with Gasteiger partial charge in [0.1, 0.15) is 12.4 Å². The zero-order chi connectivity index (χ0) is 17.4. The summed E-state index contributed by atoms with van der Waals surface area (Å²) < 4.78 is 11.0. The number of hydrogen-bond donors (Lipinski definition) is 1. The van der Waals surface area contributed by atoms with Crippen molar-refractivity contribution in [3.8, 4) is 5.75 Å². The van der Waals surface area contributed by atoms with Gasteiger partial charge in [0.25, 0.3) is 0 Å². The first-order valence-corrected chi connectivity index (χ1v) is 8.24. The van der Waals surface area contributed by atoms with Crippen LogP contribution >= 0.6 is 11.6 Å². The van der Waals surface area contributed by atoms with Gasteiger partial charge < -0.3 is 19.5 Å². The molecule has 1 N–H and O–H groups in total. The van der Waals surface area contributed by atoms with Crippen LogP contribution < -0.4 is 10.1 Å². The molecule has 0 radical (unpaired) electrons.